The van der Waals surface area contributed by atoms with Crippen LogP contribution in [-0.4, -0.2) is 12.0 Å². The van der Waals surface area contributed by atoms with Crippen LogP contribution in [0.2, 0.25) is 10.0 Å². The van der Waals surface area contributed by atoms with Crippen LogP contribution >= 0.6 is 23.2 Å². The van der Waals surface area contributed by atoms with E-state index in [2.05, 4.69) is 5.32 Å². The van der Waals surface area contributed by atoms with Gasteiger partial charge < -0.3 is 10.1 Å². The Morgan fingerprint density at radius 3 is 2.48 bits per heavy atom. The highest BCUT2D eigenvalue weighted by atomic mass is 35.5. The Kier molecular flexibility index (Phi) is 7.09. The molecule has 2 unspecified atom stereocenters. The normalized spacial score (nSPS) is 13.2. The van der Waals surface area contributed by atoms with E-state index >= 15 is 0 Å². The SMILES string of the molecule is CCCC(NC(=O)C(C)Oc1ccc(Cl)cc1Cl)c1ccc(F)cc1. The van der Waals surface area contributed by atoms with Gasteiger partial charge in [0.15, 0.2) is 6.10 Å². The van der Waals surface area contributed by atoms with Crippen LogP contribution in [0, 0.1) is 5.82 Å². The molecule has 0 aliphatic carbocycles. The Morgan fingerprint density at radius 2 is 1.88 bits per heavy atom. The van der Waals surface area contributed by atoms with Gasteiger partial charge in [-0.2, -0.15) is 0 Å². The lowest BCUT2D eigenvalue weighted by Crippen LogP contribution is -2.38. The number of hydrogen-bond donors (Lipinski definition) is 1. The third kappa shape index (κ3) is 5.62. The molecule has 0 aromatic heterocycles. The van der Waals surface area contributed by atoms with E-state index in [-0.39, 0.29) is 17.8 Å². The molecule has 6 heteroatoms. The van der Waals surface area contributed by atoms with Gasteiger partial charge in [0, 0.05) is 5.02 Å². The average Bonchev–Trinajstić information content (AvgIpc) is 2.57. The number of carbonyl (C=O) groups is 1. The molecule has 0 heterocycles. The van der Waals surface area contributed by atoms with E-state index in [0.29, 0.717) is 15.8 Å². The molecule has 3 nitrogen and oxygen atoms in total. The molecule has 1 amide bonds. The Balaban J connectivity index is 2.05. The number of carbonyl (C=O) groups excluding carboxylic acids is 1. The summed E-state index contributed by atoms with van der Waals surface area (Å²) < 4.78 is 18.7. The molecule has 0 aliphatic heterocycles. The highest BCUT2D eigenvalue weighted by Crippen LogP contribution is 2.28. The lowest BCUT2D eigenvalue weighted by Gasteiger charge is -2.22. The van der Waals surface area contributed by atoms with Crippen molar-refractivity contribution in [3.05, 3.63) is 63.9 Å². The smallest absolute Gasteiger partial charge is 0.261 e. The van der Waals surface area contributed by atoms with Crippen molar-refractivity contribution in [2.24, 2.45) is 0 Å². The van der Waals surface area contributed by atoms with Gasteiger partial charge in [0.05, 0.1) is 11.1 Å². The van der Waals surface area contributed by atoms with E-state index < -0.39 is 6.10 Å². The van der Waals surface area contributed by atoms with Crippen molar-refractivity contribution >= 4 is 29.1 Å². The van der Waals surface area contributed by atoms with Crippen LogP contribution in [0.1, 0.15) is 38.3 Å². The van der Waals surface area contributed by atoms with Crippen LogP contribution in [0.3, 0.4) is 0 Å². The van der Waals surface area contributed by atoms with Gasteiger partial charge in [-0.3, -0.25) is 4.79 Å². The van der Waals surface area contributed by atoms with Crippen molar-refractivity contribution in [1.82, 2.24) is 5.32 Å². The monoisotopic (exact) mass is 383 g/mol. The summed E-state index contributed by atoms with van der Waals surface area (Å²) in [5, 5.41) is 3.79. The van der Waals surface area contributed by atoms with Crippen molar-refractivity contribution in [3.63, 3.8) is 0 Å². The summed E-state index contributed by atoms with van der Waals surface area (Å²) in [6.45, 7) is 3.67. The Hall–Kier alpha value is -1.78. The first-order chi connectivity index (χ1) is 11.9. The standard InChI is InChI=1S/C19H20Cl2FNO2/c1-3-4-17(13-5-8-15(22)9-6-13)23-19(24)12(2)25-18-10-7-14(20)11-16(18)21/h5-12,17H,3-4H2,1-2H3,(H,23,24). The molecule has 0 bridgehead atoms. The van der Waals surface area contributed by atoms with Gasteiger partial charge in [-0.15, -0.1) is 0 Å². The zero-order chi connectivity index (χ0) is 18.4. The first kappa shape index (κ1) is 19.5. The lowest BCUT2D eigenvalue weighted by atomic mass is 10.0. The Labute approximate surface area is 157 Å². The van der Waals surface area contributed by atoms with Crippen molar-refractivity contribution < 1.29 is 13.9 Å². The quantitative estimate of drug-likeness (QED) is 0.679. The number of amides is 1. The largest absolute Gasteiger partial charge is 0.479 e. The van der Waals surface area contributed by atoms with Gasteiger partial charge in [-0.25, -0.2) is 4.39 Å². The van der Waals surface area contributed by atoms with Crippen LogP contribution in [0.4, 0.5) is 4.39 Å². The minimum atomic E-state index is -0.738. The summed E-state index contributed by atoms with van der Waals surface area (Å²) in [4.78, 5) is 12.5. The van der Waals surface area contributed by atoms with E-state index in [1.807, 2.05) is 6.92 Å². The van der Waals surface area contributed by atoms with E-state index in [9.17, 15) is 9.18 Å². The number of hydrogen-bond acceptors (Lipinski definition) is 2. The fraction of sp³-hybridized carbons (Fsp3) is 0.316. The second kappa shape index (κ2) is 9.07. The number of benzene rings is 2. The molecule has 0 spiro atoms. The molecule has 134 valence electrons. The molecule has 0 saturated heterocycles. The Morgan fingerprint density at radius 1 is 1.20 bits per heavy atom. The van der Waals surface area contributed by atoms with Gasteiger partial charge >= 0.3 is 0 Å². The summed E-state index contributed by atoms with van der Waals surface area (Å²) >= 11 is 11.9. The Bertz CT molecular complexity index is 722. The van der Waals surface area contributed by atoms with Gasteiger partial charge in [0.2, 0.25) is 0 Å². The minimum absolute atomic E-state index is 0.204. The fourth-order valence-electron chi connectivity index (χ4n) is 2.41. The van der Waals surface area contributed by atoms with E-state index in [1.54, 1.807) is 37.3 Å². The molecule has 2 aromatic rings. The van der Waals surface area contributed by atoms with Crippen LogP contribution in [0.5, 0.6) is 5.75 Å². The molecule has 0 fully saturated rings. The number of rotatable bonds is 7. The summed E-state index contributed by atoms with van der Waals surface area (Å²) in [6, 6.07) is 10.7. The molecular weight excluding hydrogens is 364 g/mol. The van der Waals surface area contributed by atoms with Crippen molar-refractivity contribution in [1.29, 1.82) is 0 Å². The predicted molar refractivity (Wildman–Crippen MR) is 98.7 cm³/mol. The maximum atomic E-state index is 13.1. The van der Waals surface area contributed by atoms with E-state index in [1.165, 1.54) is 12.1 Å². The topological polar surface area (TPSA) is 38.3 Å². The molecule has 2 atom stereocenters. The van der Waals surface area contributed by atoms with Gasteiger partial charge in [0.1, 0.15) is 11.6 Å². The second-order valence-corrected chi connectivity index (χ2v) is 6.58. The fourth-order valence-corrected chi connectivity index (χ4v) is 2.86. The van der Waals surface area contributed by atoms with Crippen LogP contribution in [0.15, 0.2) is 42.5 Å². The molecule has 2 rings (SSSR count). The summed E-state index contributed by atoms with van der Waals surface area (Å²) in [7, 11) is 0. The molecule has 0 radical (unpaired) electrons. The van der Waals surface area contributed by atoms with Crippen molar-refractivity contribution in [2.45, 2.75) is 38.8 Å². The zero-order valence-electron chi connectivity index (χ0n) is 14.1. The van der Waals surface area contributed by atoms with E-state index in [0.717, 1.165) is 18.4 Å². The third-order valence-electron chi connectivity index (χ3n) is 3.73. The molecule has 1 N–H and O–H groups in total. The summed E-state index contributed by atoms with van der Waals surface area (Å²) in [5.41, 5.74) is 0.855. The highest BCUT2D eigenvalue weighted by molar-refractivity contribution is 6.35. The van der Waals surface area contributed by atoms with Crippen molar-refractivity contribution in [3.8, 4) is 5.75 Å². The van der Waals surface area contributed by atoms with Gasteiger partial charge in [0.25, 0.3) is 5.91 Å². The van der Waals surface area contributed by atoms with Crippen molar-refractivity contribution in [2.75, 3.05) is 0 Å². The second-order valence-electron chi connectivity index (χ2n) is 5.74. The lowest BCUT2D eigenvalue weighted by molar-refractivity contribution is -0.128. The first-order valence-electron chi connectivity index (χ1n) is 8.08. The van der Waals surface area contributed by atoms with Crippen LogP contribution < -0.4 is 10.1 Å². The average molecular weight is 384 g/mol. The molecule has 2 aromatic carbocycles. The molecular formula is C19H20Cl2FNO2. The molecule has 25 heavy (non-hydrogen) atoms. The molecule has 0 saturated carbocycles. The van der Waals surface area contributed by atoms with Gasteiger partial charge in [-0.1, -0.05) is 48.7 Å². The van der Waals surface area contributed by atoms with E-state index in [4.69, 9.17) is 27.9 Å². The van der Waals surface area contributed by atoms with Crippen LogP contribution in [0.25, 0.3) is 0 Å². The zero-order valence-corrected chi connectivity index (χ0v) is 15.6. The van der Waals surface area contributed by atoms with Gasteiger partial charge in [-0.05, 0) is 49.2 Å². The number of ether oxygens (including phenoxy) is 1. The third-order valence-corrected chi connectivity index (χ3v) is 4.26. The highest BCUT2D eigenvalue weighted by Gasteiger charge is 2.20. The first-order valence-corrected chi connectivity index (χ1v) is 8.83. The number of halogens is 3. The minimum Gasteiger partial charge on any atom is -0.479 e. The number of nitrogens with one attached hydrogen (secondary N) is 1. The predicted octanol–water partition coefficient (Wildman–Crippen LogP) is 5.56. The maximum Gasteiger partial charge on any atom is 0.261 e. The summed E-state index contributed by atoms with van der Waals surface area (Å²) in [6.07, 6.45) is 0.880. The van der Waals surface area contributed by atoms with Crippen LogP contribution in [-0.2, 0) is 4.79 Å². The molecule has 0 aliphatic rings. The maximum absolute atomic E-state index is 13.1. The summed E-state index contributed by atoms with van der Waals surface area (Å²) in [5.74, 6) is -0.185.